The maximum atomic E-state index is 13.9. The van der Waals surface area contributed by atoms with Gasteiger partial charge in [-0.3, -0.25) is 29.8 Å². The molecule has 3 aliphatic rings. The molecule has 11 heteroatoms. The summed E-state index contributed by atoms with van der Waals surface area (Å²) in [5.41, 5.74) is -1.51. The van der Waals surface area contributed by atoms with E-state index in [-0.39, 0.29) is 29.8 Å². The second-order valence-corrected chi connectivity index (χ2v) is 10.2. The Hall–Kier alpha value is -4.38. The number of rotatable bonds is 7. The number of carbonyl (C=O) groups is 2. The van der Waals surface area contributed by atoms with Crippen LogP contribution in [0.4, 0.5) is 17.1 Å². The molecule has 3 heterocycles. The van der Waals surface area contributed by atoms with Crippen LogP contribution in [0.1, 0.15) is 26.2 Å². The zero-order chi connectivity index (χ0) is 26.8. The van der Waals surface area contributed by atoms with Crippen LogP contribution in [0, 0.1) is 32.1 Å². The van der Waals surface area contributed by atoms with Crippen molar-refractivity contribution in [2.45, 2.75) is 37.4 Å². The van der Waals surface area contributed by atoms with Gasteiger partial charge >= 0.3 is 0 Å². The molecule has 3 aromatic rings. The van der Waals surface area contributed by atoms with Crippen molar-refractivity contribution in [2.24, 2.45) is 11.8 Å². The van der Waals surface area contributed by atoms with E-state index in [1.807, 2.05) is 6.92 Å². The third kappa shape index (κ3) is 3.38. The summed E-state index contributed by atoms with van der Waals surface area (Å²) in [7, 11) is 0. The molecule has 4 atom stereocenters. The van der Waals surface area contributed by atoms with Crippen LogP contribution in [-0.4, -0.2) is 39.5 Å². The number of hydrogen-bond donors (Lipinski definition) is 0. The number of non-ortho nitro benzene ring substituents is 2. The lowest BCUT2D eigenvalue weighted by Gasteiger charge is -2.31. The fraction of sp³-hybridized carbons (Fsp3) is 0.333. The van der Waals surface area contributed by atoms with Crippen molar-refractivity contribution in [3.05, 3.63) is 80.9 Å². The van der Waals surface area contributed by atoms with Gasteiger partial charge in [-0.05, 0) is 44.0 Å². The third-order valence-corrected chi connectivity index (χ3v) is 8.17. The van der Waals surface area contributed by atoms with Crippen molar-refractivity contribution in [2.75, 3.05) is 11.5 Å². The first-order chi connectivity index (χ1) is 18.2. The molecule has 6 rings (SSSR count). The van der Waals surface area contributed by atoms with Crippen LogP contribution in [0.15, 0.2) is 60.7 Å². The fourth-order valence-electron chi connectivity index (χ4n) is 6.47. The van der Waals surface area contributed by atoms with Crippen LogP contribution in [0.25, 0.3) is 10.8 Å². The molecule has 0 aromatic heterocycles. The SMILES string of the molecule is C[C@@]12CC[C@@](CCOc3ccc([N+](=O)[O-])cc3)(O1)[C@H]1C(=O)N(c3ccc([N+](=O)[O-])c4ccccc34)C(=O)[C@H]12. The highest BCUT2D eigenvalue weighted by Gasteiger charge is 2.73. The first-order valence-electron chi connectivity index (χ1n) is 12.3. The average molecular weight is 517 g/mol. The lowest BCUT2D eigenvalue weighted by molar-refractivity contribution is -0.384. The first kappa shape index (κ1) is 24.0. The van der Waals surface area contributed by atoms with Crippen LogP contribution < -0.4 is 9.64 Å². The number of carbonyl (C=O) groups excluding carboxylic acids is 2. The monoisotopic (exact) mass is 517 g/mol. The number of anilines is 1. The molecule has 194 valence electrons. The van der Waals surface area contributed by atoms with Gasteiger partial charge in [-0.1, -0.05) is 18.2 Å². The van der Waals surface area contributed by atoms with Crippen LogP contribution >= 0.6 is 0 Å². The Bertz CT molecular complexity index is 1520. The highest BCUT2D eigenvalue weighted by atomic mass is 16.6. The summed E-state index contributed by atoms with van der Waals surface area (Å²) in [5.74, 6) is -1.66. The quantitative estimate of drug-likeness (QED) is 0.252. The Labute approximate surface area is 216 Å². The second-order valence-electron chi connectivity index (χ2n) is 10.2. The predicted octanol–water partition coefficient (Wildman–Crippen LogP) is 4.55. The molecule has 2 amide bonds. The molecule has 0 unspecified atom stereocenters. The van der Waals surface area contributed by atoms with E-state index >= 15 is 0 Å². The highest BCUT2D eigenvalue weighted by Crippen LogP contribution is 2.62. The van der Waals surface area contributed by atoms with Gasteiger partial charge in [0.2, 0.25) is 11.8 Å². The summed E-state index contributed by atoms with van der Waals surface area (Å²) >= 11 is 0. The van der Waals surface area contributed by atoms with Gasteiger partial charge in [0.05, 0.1) is 50.6 Å². The van der Waals surface area contributed by atoms with Gasteiger partial charge in [0.1, 0.15) is 5.75 Å². The van der Waals surface area contributed by atoms with Crippen LogP contribution in [0.3, 0.4) is 0 Å². The van der Waals surface area contributed by atoms with Gasteiger partial charge in [-0.25, -0.2) is 4.90 Å². The Kier molecular flexibility index (Phi) is 5.25. The molecule has 3 saturated heterocycles. The summed E-state index contributed by atoms with van der Waals surface area (Å²) in [6.45, 7) is 2.05. The Balaban J connectivity index is 1.30. The van der Waals surface area contributed by atoms with Crippen molar-refractivity contribution in [3.63, 3.8) is 0 Å². The van der Waals surface area contributed by atoms with Gasteiger partial charge in [0.15, 0.2) is 0 Å². The lowest BCUT2D eigenvalue weighted by Crippen LogP contribution is -2.43. The number of hydrogen-bond acceptors (Lipinski definition) is 8. The molecule has 0 radical (unpaired) electrons. The van der Waals surface area contributed by atoms with Gasteiger partial charge in [0, 0.05) is 30.0 Å². The molecule has 0 spiro atoms. The molecule has 2 bridgehead atoms. The number of nitrogens with zero attached hydrogens (tertiary/aromatic N) is 3. The predicted molar refractivity (Wildman–Crippen MR) is 135 cm³/mol. The number of amides is 2. The third-order valence-electron chi connectivity index (χ3n) is 8.17. The smallest absolute Gasteiger partial charge is 0.277 e. The van der Waals surface area contributed by atoms with Crippen molar-refractivity contribution in [3.8, 4) is 5.75 Å². The van der Waals surface area contributed by atoms with Crippen molar-refractivity contribution < 1.29 is 28.9 Å². The van der Waals surface area contributed by atoms with Crippen molar-refractivity contribution >= 4 is 39.6 Å². The van der Waals surface area contributed by atoms with E-state index in [1.165, 1.54) is 41.3 Å². The largest absolute Gasteiger partial charge is 0.493 e. The second kappa shape index (κ2) is 8.32. The summed E-state index contributed by atoms with van der Waals surface area (Å²) in [6.07, 6.45) is 1.55. The molecule has 3 aromatic carbocycles. The first-order valence-corrected chi connectivity index (χ1v) is 12.3. The average Bonchev–Trinajstić information content (AvgIpc) is 3.48. The molecule has 3 aliphatic heterocycles. The minimum atomic E-state index is -0.891. The van der Waals surface area contributed by atoms with E-state index in [9.17, 15) is 29.8 Å². The number of fused-ring (bicyclic) bond motifs is 6. The minimum Gasteiger partial charge on any atom is -0.493 e. The maximum absolute atomic E-state index is 13.9. The van der Waals surface area contributed by atoms with E-state index < -0.39 is 32.9 Å². The molecule has 11 nitrogen and oxygen atoms in total. The normalized spacial score (nSPS) is 27.7. The zero-order valence-corrected chi connectivity index (χ0v) is 20.4. The fourth-order valence-corrected chi connectivity index (χ4v) is 6.47. The van der Waals surface area contributed by atoms with Gasteiger partial charge in [0.25, 0.3) is 11.4 Å². The number of nitro groups is 2. The number of ether oxygens (including phenoxy) is 2. The van der Waals surface area contributed by atoms with Gasteiger partial charge < -0.3 is 9.47 Å². The maximum Gasteiger partial charge on any atom is 0.277 e. The molecular weight excluding hydrogens is 494 g/mol. The standard InChI is InChI=1S/C27H23N3O8/c1-26-12-13-27(38-26,14-15-37-17-8-6-16(7-9-17)29(33)34)23-22(26)24(31)28(25(23)32)20-10-11-21(30(35)36)19-5-3-2-4-18(19)20/h2-11,22-23H,12-15H2,1H3/t22-,23+,26-,27-/m0/s1. The Morgan fingerprint density at radius 2 is 1.61 bits per heavy atom. The van der Waals surface area contributed by atoms with Crippen LogP contribution in [0.2, 0.25) is 0 Å². The molecular formula is C27H23N3O8. The van der Waals surface area contributed by atoms with Gasteiger partial charge in [-0.2, -0.15) is 0 Å². The van der Waals surface area contributed by atoms with E-state index in [0.29, 0.717) is 41.5 Å². The molecule has 38 heavy (non-hydrogen) atoms. The Morgan fingerprint density at radius 1 is 0.921 bits per heavy atom. The lowest BCUT2D eigenvalue weighted by atomic mass is 9.67. The van der Waals surface area contributed by atoms with Gasteiger partial charge in [-0.15, -0.1) is 0 Å². The zero-order valence-electron chi connectivity index (χ0n) is 20.4. The molecule has 3 fully saturated rings. The van der Waals surface area contributed by atoms with E-state index in [1.54, 1.807) is 24.3 Å². The minimum absolute atomic E-state index is 0.0432. The van der Waals surface area contributed by atoms with Crippen molar-refractivity contribution in [1.82, 2.24) is 0 Å². The molecule has 0 saturated carbocycles. The summed E-state index contributed by atoms with van der Waals surface area (Å²) < 4.78 is 12.3. The summed E-state index contributed by atoms with van der Waals surface area (Å²) in [4.78, 5) is 50.4. The number of benzene rings is 3. The summed E-state index contributed by atoms with van der Waals surface area (Å²) in [5, 5.41) is 23.3. The van der Waals surface area contributed by atoms with Crippen LogP contribution in [-0.2, 0) is 14.3 Å². The van der Waals surface area contributed by atoms with E-state index in [2.05, 4.69) is 0 Å². The topological polar surface area (TPSA) is 142 Å². The Morgan fingerprint density at radius 3 is 2.29 bits per heavy atom. The van der Waals surface area contributed by atoms with Crippen LogP contribution in [0.5, 0.6) is 5.75 Å². The van der Waals surface area contributed by atoms with Crippen molar-refractivity contribution in [1.29, 1.82) is 0 Å². The molecule has 0 N–H and O–H groups in total. The number of nitro benzene ring substituents is 2. The summed E-state index contributed by atoms with van der Waals surface area (Å²) in [6, 6.07) is 15.2. The van der Waals surface area contributed by atoms with E-state index in [4.69, 9.17) is 9.47 Å². The van der Waals surface area contributed by atoms with E-state index in [0.717, 1.165) is 0 Å². The highest BCUT2D eigenvalue weighted by molar-refractivity contribution is 6.26. The number of imide groups is 1. The molecule has 0 aliphatic carbocycles.